The Balaban J connectivity index is 1.93. The summed E-state index contributed by atoms with van der Waals surface area (Å²) in [4.78, 5) is 28.7. The van der Waals surface area contributed by atoms with Gasteiger partial charge in [0, 0.05) is 18.8 Å². The number of pyridine rings is 1. The van der Waals surface area contributed by atoms with Gasteiger partial charge in [-0.3, -0.25) is 4.98 Å². The van der Waals surface area contributed by atoms with Gasteiger partial charge < -0.3 is 15.3 Å². The second-order valence-electron chi connectivity index (χ2n) is 4.67. The molecule has 2 N–H and O–H groups in total. The van der Waals surface area contributed by atoms with E-state index in [2.05, 4.69) is 16.9 Å². The average molecular weight is 275 g/mol. The minimum absolute atomic E-state index is 0.161. The molecule has 1 fully saturated rings. The monoisotopic (exact) mass is 275 g/mol. The zero-order valence-electron chi connectivity index (χ0n) is 11.1. The number of carboxylic acids is 1. The molecule has 1 aliphatic carbocycles. The number of carbonyl (C=O) groups is 2. The van der Waals surface area contributed by atoms with Crippen LogP contribution in [0, 0.1) is 0 Å². The Morgan fingerprint density at radius 3 is 2.90 bits per heavy atom. The number of urea groups is 1. The Bertz CT molecular complexity index is 526. The van der Waals surface area contributed by atoms with E-state index in [9.17, 15) is 9.59 Å². The van der Waals surface area contributed by atoms with Crippen molar-refractivity contribution in [2.75, 3.05) is 6.54 Å². The number of hydrogen-bond acceptors (Lipinski definition) is 3. The second kappa shape index (κ2) is 6.18. The minimum Gasteiger partial charge on any atom is -0.478 e. The number of nitrogens with one attached hydrogen (secondary N) is 1. The molecule has 0 aromatic carbocycles. The van der Waals surface area contributed by atoms with Crippen molar-refractivity contribution in [2.45, 2.75) is 25.4 Å². The third-order valence-corrected chi connectivity index (χ3v) is 3.06. The standard InChI is InChI=1S/C14H17N3O3/c1-2-7-17(12-3-4-12)14(20)16-9-11-8-10(13(18)19)5-6-15-11/h2,5-6,8,12H,1,3-4,7,9H2,(H,16,20)(H,18,19). The van der Waals surface area contributed by atoms with Gasteiger partial charge in [0.1, 0.15) is 0 Å². The van der Waals surface area contributed by atoms with Gasteiger partial charge in [-0.2, -0.15) is 0 Å². The molecule has 0 aliphatic heterocycles. The molecule has 1 aromatic rings. The lowest BCUT2D eigenvalue weighted by molar-refractivity contribution is 0.0696. The van der Waals surface area contributed by atoms with E-state index in [1.807, 2.05) is 0 Å². The molecule has 0 unspecified atom stereocenters. The highest BCUT2D eigenvalue weighted by Gasteiger charge is 2.31. The van der Waals surface area contributed by atoms with E-state index in [1.165, 1.54) is 18.3 Å². The van der Waals surface area contributed by atoms with E-state index in [0.717, 1.165) is 12.8 Å². The lowest BCUT2D eigenvalue weighted by Crippen LogP contribution is -2.41. The molecule has 0 bridgehead atoms. The average Bonchev–Trinajstić information content (AvgIpc) is 3.27. The van der Waals surface area contributed by atoms with Gasteiger partial charge in [0.2, 0.25) is 0 Å². The summed E-state index contributed by atoms with van der Waals surface area (Å²) in [7, 11) is 0. The fourth-order valence-electron chi connectivity index (χ4n) is 1.90. The minimum atomic E-state index is -1.01. The molecule has 1 aromatic heterocycles. The predicted molar refractivity (Wildman–Crippen MR) is 73.4 cm³/mol. The summed E-state index contributed by atoms with van der Waals surface area (Å²) in [5.41, 5.74) is 0.682. The Morgan fingerprint density at radius 1 is 1.55 bits per heavy atom. The zero-order chi connectivity index (χ0) is 14.5. The van der Waals surface area contributed by atoms with Crippen molar-refractivity contribution in [1.29, 1.82) is 0 Å². The molecule has 0 radical (unpaired) electrons. The summed E-state index contributed by atoms with van der Waals surface area (Å²) in [5, 5.41) is 11.6. The van der Waals surface area contributed by atoms with Crippen molar-refractivity contribution >= 4 is 12.0 Å². The van der Waals surface area contributed by atoms with Crippen molar-refractivity contribution in [3.8, 4) is 0 Å². The van der Waals surface area contributed by atoms with Crippen LogP contribution >= 0.6 is 0 Å². The van der Waals surface area contributed by atoms with Crippen molar-refractivity contribution in [3.63, 3.8) is 0 Å². The van der Waals surface area contributed by atoms with E-state index < -0.39 is 5.97 Å². The molecule has 0 atom stereocenters. The normalized spacial score (nSPS) is 13.6. The molecule has 1 heterocycles. The highest BCUT2D eigenvalue weighted by molar-refractivity contribution is 5.87. The molecule has 0 spiro atoms. The van der Waals surface area contributed by atoms with Gasteiger partial charge >= 0.3 is 12.0 Å². The molecule has 20 heavy (non-hydrogen) atoms. The lowest BCUT2D eigenvalue weighted by Gasteiger charge is -2.21. The van der Waals surface area contributed by atoms with Crippen LogP contribution in [-0.4, -0.2) is 39.6 Å². The van der Waals surface area contributed by atoms with Crippen LogP contribution in [0.15, 0.2) is 31.0 Å². The van der Waals surface area contributed by atoms with Crippen molar-refractivity contribution in [3.05, 3.63) is 42.2 Å². The number of rotatable bonds is 6. The summed E-state index contributed by atoms with van der Waals surface area (Å²) in [6.45, 7) is 4.36. The predicted octanol–water partition coefficient (Wildman–Crippen LogP) is 1.64. The van der Waals surface area contributed by atoms with E-state index in [0.29, 0.717) is 18.3 Å². The van der Waals surface area contributed by atoms with Crippen LogP contribution in [-0.2, 0) is 6.54 Å². The van der Waals surface area contributed by atoms with Crippen LogP contribution in [0.5, 0.6) is 0 Å². The first kappa shape index (κ1) is 14.0. The van der Waals surface area contributed by atoms with Crippen molar-refractivity contribution < 1.29 is 14.7 Å². The Labute approximate surface area is 117 Å². The van der Waals surface area contributed by atoms with Gasteiger partial charge in [-0.15, -0.1) is 6.58 Å². The van der Waals surface area contributed by atoms with Crippen LogP contribution in [0.2, 0.25) is 0 Å². The quantitative estimate of drug-likeness (QED) is 0.773. The molecule has 2 rings (SSSR count). The largest absolute Gasteiger partial charge is 0.478 e. The first-order valence-electron chi connectivity index (χ1n) is 6.45. The van der Waals surface area contributed by atoms with E-state index in [4.69, 9.17) is 5.11 Å². The van der Waals surface area contributed by atoms with Gasteiger partial charge in [0.05, 0.1) is 17.8 Å². The first-order chi connectivity index (χ1) is 9.61. The fraction of sp³-hybridized carbons (Fsp3) is 0.357. The van der Waals surface area contributed by atoms with Crippen LogP contribution in [0.25, 0.3) is 0 Å². The number of nitrogens with zero attached hydrogens (tertiary/aromatic N) is 2. The van der Waals surface area contributed by atoms with Gasteiger partial charge in [-0.25, -0.2) is 9.59 Å². The van der Waals surface area contributed by atoms with E-state index in [1.54, 1.807) is 11.0 Å². The number of aromatic carboxylic acids is 1. The molecule has 6 nitrogen and oxygen atoms in total. The SMILES string of the molecule is C=CCN(C(=O)NCc1cc(C(=O)O)ccn1)C1CC1. The molecular weight excluding hydrogens is 258 g/mol. The second-order valence-corrected chi connectivity index (χ2v) is 4.67. The molecule has 6 heteroatoms. The van der Waals surface area contributed by atoms with Crippen LogP contribution < -0.4 is 5.32 Å². The van der Waals surface area contributed by atoms with Gasteiger partial charge in [-0.05, 0) is 25.0 Å². The number of carboxylic acid groups (broad SMARTS) is 1. The summed E-state index contributed by atoms with van der Waals surface area (Å²) in [6.07, 6.45) is 5.16. The van der Waals surface area contributed by atoms with Crippen molar-refractivity contribution in [1.82, 2.24) is 15.2 Å². The highest BCUT2D eigenvalue weighted by atomic mass is 16.4. The topological polar surface area (TPSA) is 82.5 Å². The van der Waals surface area contributed by atoms with E-state index >= 15 is 0 Å². The highest BCUT2D eigenvalue weighted by Crippen LogP contribution is 2.26. The molecule has 0 saturated heterocycles. The summed E-state index contributed by atoms with van der Waals surface area (Å²) in [5.74, 6) is -1.01. The number of carbonyl (C=O) groups excluding carboxylic acids is 1. The van der Waals surface area contributed by atoms with Gasteiger partial charge in [-0.1, -0.05) is 6.08 Å². The molecule has 1 aliphatic rings. The summed E-state index contributed by atoms with van der Waals surface area (Å²) < 4.78 is 0. The Hall–Kier alpha value is -2.37. The third kappa shape index (κ3) is 3.57. The van der Waals surface area contributed by atoms with Gasteiger partial charge in [0.15, 0.2) is 0 Å². The van der Waals surface area contributed by atoms with Crippen LogP contribution in [0.1, 0.15) is 28.9 Å². The van der Waals surface area contributed by atoms with E-state index in [-0.39, 0.29) is 18.1 Å². The first-order valence-corrected chi connectivity index (χ1v) is 6.45. The Morgan fingerprint density at radius 2 is 2.30 bits per heavy atom. The maximum atomic E-state index is 12.0. The molecule has 2 amide bonds. The third-order valence-electron chi connectivity index (χ3n) is 3.06. The number of amides is 2. The maximum Gasteiger partial charge on any atom is 0.335 e. The molecular formula is C14H17N3O3. The Kier molecular flexibility index (Phi) is 4.34. The lowest BCUT2D eigenvalue weighted by atomic mass is 10.2. The van der Waals surface area contributed by atoms with Crippen LogP contribution in [0.3, 0.4) is 0 Å². The van der Waals surface area contributed by atoms with Gasteiger partial charge in [0.25, 0.3) is 0 Å². The smallest absolute Gasteiger partial charge is 0.335 e. The maximum absolute atomic E-state index is 12.0. The number of aromatic nitrogens is 1. The zero-order valence-corrected chi connectivity index (χ0v) is 11.1. The summed E-state index contributed by atoms with van der Waals surface area (Å²) in [6, 6.07) is 3.00. The van der Waals surface area contributed by atoms with Crippen molar-refractivity contribution in [2.24, 2.45) is 0 Å². The fourth-order valence-corrected chi connectivity index (χ4v) is 1.90. The number of hydrogen-bond donors (Lipinski definition) is 2. The summed E-state index contributed by atoms with van der Waals surface area (Å²) >= 11 is 0. The molecule has 1 saturated carbocycles. The molecule has 106 valence electrons. The van der Waals surface area contributed by atoms with Crippen LogP contribution in [0.4, 0.5) is 4.79 Å².